The van der Waals surface area contributed by atoms with Crippen LogP contribution in [0.5, 0.6) is 5.75 Å². The fourth-order valence-electron chi connectivity index (χ4n) is 1.46. The summed E-state index contributed by atoms with van der Waals surface area (Å²) < 4.78 is 30.8. The number of ether oxygens (including phenoxy) is 1. The molecule has 118 valence electrons. The predicted octanol–water partition coefficient (Wildman–Crippen LogP) is 2.12. The molecule has 0 heterocycles. The molecule has 1 aromatic rings. The highest BCUT2D eigenvalue weighted by Gasteiger charge is 2.18. The second-order valence-electron chi connectivity index (χ2n) is 5.64. The zero-order chi connectivity index (χ0) is 16.0. The molecule has 0 aromatic heterocycles. The second-order valence-corrected chi connectivity index (χ2v) is 7.88. The van der Waals surface area contributed by atoms with Crippen LogP contribution in [0.15, 0.2) is 24.3 Å². The highest BCUT2D eigenvalue weighted by molar-refractivity contribution is 7.90. The largest absolute Gasteiger partial charge is 0.493 e. The molecule has 1 aromatic carbocycles. The summed E-state index contributed by atoms with van der Waals surface area (Å²) in [5.74, 6) is 0.652. The first-order valence-corrected chi connectivity index (χ1v) is 8.51. The van der Waals surface area contributed by atoms with E-state index in [2.05, 4.69) is 18.6 Å². The van der Waals surface area contributed by atoms with Crippen molar-refractivity contribution in [1.82, 2.24) is 4.72 Å². The van der Waals surface area contributed by atoms with Gasteiger partial charge in [0.25, 0.3) is 0 Å². The van der Waals surface area contributed by atoms with E-state index >= 15 is 0 Å². The van der Waals surface area contributed by atoms with Crippen molar-refractivity contribution in [1.29, 1.82) is 0 Å². The number of hydrogen-bond donors (Lipinski definition) is 1. The molecular formula is C15H23NO4S. The molecule has 1 rings (SSSR count). The SMILES string of the molecule is CC(C)COc1ccc(CC(=O)NS(=O)(=O)C(C)C)cc1. The van der Waals surface area contributed by atoms with Crippen LogP contribution in [0.4, 0.5) is 0 Å². The lowest BCUT2D eigenvalue weighted by Gasteiger charge is -2.10. The molecule has 0 saturated carbocycles. The molecule has 21 heavy (non-hydrogen) atoms. The summed E-state index contributed by atoms with van der Waals surface area (Å²) in [5, 5.41) is -0.631. The summed E-state index contributed by atoms with van der Waals surface area (Å²) in [4.78, 5) is 11.7. The molecule has 0 aliphatic heterocycles. The van der Waals surface area contributed by atoms with Crippen molar-refractivity contribution >= 4 is 15.9 Å². The second kappa shape index (κ2) is 7.45. The normalized spacial score (nSPS) is 11.7. The van der Waals surface area contributed by atoms with Gasteiger partial charge in [0.2, 0.25) is 15.9 Å². The predicted molar refractivity (Wildman–Crippen MR) is 82.7 cm³/mol. The van der Waals surface area contributed by atoms with Crippen LogP contribution in [-0.4, -0.2) is 26.2 Å². The van der Waals surface area contributed by atoms with E-state index in [0.29, 0.717) is 12.5 Å². The van der Waals surface area contributed by atoms with Gasteiger partial charge in [0.1, 0.15) is 5.75 Å². The summed E-state index contributed by atoms with van der Waals surface area (Å²) >= 11 is 0. The van der Waals surface area contributed by atoms with Crippen LogP contribution in [0, 0.1) is 5.92 Å². The van der Waals surface area contributed by atoms with Gasteiger partial charge in [-0.3, -0.25) is 9.52 Å². The Balaban J connectivity index is 2.58. The topological polar surface area (TPSA) is 72.5 Å². The number of carbonyl (C=O) groups excluding carboxylic acids is 1. The van der Waals surface area contributed by atoms with Gasteiger partial charge in [-0.05, 0) is 37.5 Å². The Kier molecular flexibility index (Phi) is 6.20. The molecule has 0 atom stereocenters. The number of nitrogens with one attached hydrogen (secondary N) is 1. The van der Waals surface area contributed by atoms with Gasteiger partial charge in [-0.25, -0.2) is 8.42 Å². The third-order valence-corrected chi connectivity index (χ3v) is 4.50. The Morgan fingerprint density at radius 3 is 2.19 bits per heavy atom. The third-order valence-electron chi connectivity index (χ3n) is 2.75. The number of amides is 1. The first-order valence-electron chi connectivity index (χ1n) is 6.97. The Morgan fingerprint density at radius 2 is 1.71 bits per heavy atom. The van der Waals surface area contributed by atoms with Crippen LogP contribution in [0.25, 0.3) is 0 Å². The van der Waals surface area contributed by atoms with Crippen LogP contribution in [0.3, 0.4) is 0 Å². The summed E-state index contributed by atoms with van der Waals surface area (Å²) in [6, 6.07) is 7.08. The molecule has 1 amide bonds. The fraction of sp³-hybridized carbons (Fsp3) is 0.533. The zero-order valence-corrected chi connectivity index (χ0v) is 13.7. The van der Waals surface area contributed by atoms with Crippen molar-refractivity contribution in [2.75, 3.05) is 6.61 Å². The van der Waals surface area contributed by atoms with Crippen LogP contribution >= 0.6 is 0 Å². The summed E-state index contributed by atoms with van der Waals surface area (Å²) in [6.07, 6.45) is 0.0242. The maximum Gasteiger partial charge on any atom is 0.237 e. The molecule has 0 radical (unpaired) electrons. The van der Waals surface area contributed by atoms with Gasteiger partial charge < -0.3 is 4.74 Å². The molecule has 0 aliphatic carbocycles. The molecule has 0 saturated heterocycles. The van der Waals surface area contributed by atoms with E-state index in [1.807, 2.05) is 0 Å². The van der Waals surface area contributed by atoms with Gasteiger partial charge in [-0.1, -0.05) is 26.0 Å². The van der Waals surface area contributed by atoms with E-state index in [1.165, 1.54) is 13.8 Å². The van der Waals surface area contributed by atoms with Gasteiger partial charge >= 0.3 is 0 Å². The number of benzene rings is 1. The standard InChI is InChI=1S/C15H23NO4S/c1-11(2)10-20-14-7-5-13(6-8-14)9-15(17)16-21(18,19)12(3)4/h5-8,11-12H,9-10H2,1-4H3,(H,16,17). The van der Waals surface area contributed by atoms with Crippen LogP contribution in [0.2, 0.25) is 0 Å². The van der Waals surface area contributed by atoms with E-state index in [-0.39, 0.29) is 6.42 Å². The maximum atomic E-state index is 11.7. The Labute approximate surface area is 126 Å². The Bertz CT molecular complexity index is 562. The molecule has 6 heteroatoms. The summed E-state index contributed by atoms with van der Waals surface area (Å²) in [5.41, 5.74) is 0.739. The minimum Gasteiger partial charge on any atom is -0.493 e. The van der Waals surface area contributed by atoms with Crippen molar-refractivity contribution in [2.24, 2.45) is 5.92 Å². The highest BCUT2D eigenvalue weighted by atomic mass is 32.2. The van der Waals surface area contributed by atoms with Gasteiger partial charge in [0.15, 0.2) is 0 Å². The van der Waals surface area contributed by atoms with Crippen LogP contribution < -0.4 is 9.46 Å². The monoisotopic (exact) mass is 313 g/mol. The van der Waals surface area contributed by atoms with E-state index in [4.69, 9.17) is 4.74 Å². The molecule has 0 aliphatic rings. The van der Waals surface area contributed by atoms with Gasteiger partial charge in [0, 0.05) is 0 Å². The minimum atomic E-state index is -3.57. The van der Waals surface area contributed by atoms with Crippen LogP contribution in [-0.2, 0) is 21.2 Å². The molecule has 5 nitrogen and oxygen atoms in total. The lowest BCUT2D eigenvalue weighted by Crippen LogP contribution is -2.36. The van der Waals surface area contributed by atoms with Gasteiger partial charge in [0.05, 0.1) is 18.3 Å². The molecule has 0 spiro atoms. The molecule has 1 N–H and O–H groups in total. The summed E-state index contributed by atoms with van der Waals surface area (Å²) in [6.45, 7) is 7.81. The lowest BCUT2D eigenvalue weighted by atomic mass is 10.1. The Hall–Kier alpha value is -1.56. The van der Waals surface area contributed by atoms with Crippen molar-refractivity contribution < 1.29 is 17.9 Å². The van der Waals surface area contributed by atoms with E-state index in [9.17, 15) is 13.2 Å². The first-order chi connectivity index (χ1) is 9.70. The molecular weight excluding hydrogens is 290 g/mol. The number of hydrogen-bond acceptors (Lipinski definition) is 4. The van der Waals surface area contributed by atoms with Crippen molar-refractivity contribution in [2.45, 2.75) is 39.4 Å². The average Bonchev–Trinajstić information content (AvgIpc) is 2.36. The Morgan fingerprint density at radius 1 is 1.14 bits per heavy atom. The number of rotatable bonds is 7. The zero-order valence-electron chi connectivity index (χ0n) is 12.9. The smallest absolute Gasteiger partial charge is 0.237 e. The van der Waals surface area contributed by atoms with Gasteiger partial charge in [-0.2, -0.15) is 0 Å². The maximum absolute atomic E-state index is 11.7. The van der Waals surface area contributed by atoms with Crippen molar-refractivity contribution in [3.63, 3.8) is 0 Å². The first kappa shape index (κ1) is 17.5. The van der Waals surface area contributed by atoms with Gasteiger partial charge in [-0.15, -0.1) is 0 Å². The quantitative estimate of drug-likeness (QED) is 0.837. The molecule has 0 bridgehead atoms. The summed E-state index contributed by atoms with van der Waals surface area (Å²) in [7, 11) is -3.57. The van der Waals surface area contributed by atoms with Crippen molar-refractivity contribution in [3.05, 3.63) is 29.8 Å². The van der Waals surface area contributed by atoms with Crippen molar-refractivity contribution in [3.8, 4) is 5.75 Å². The lowest BCUT2D eigenvalue weighted by molar-refractivity contribution is -0.118. The molecule has 0 unspecified atom stereocenters. The highest BCUT2D eigenvalue weighted by Crippen LogP contribution is 2.13. The number of carbonyl (C=O) groups is 1. The molecule has 0 fully saturated rings. The average molecular weight is 313 g/mol. The minimum absolute atomic E-state index is 0.0242. The fourth-order valence-corrected chi connectivity index (χ4v) is 2.09. The number of sulfonamides is 1. The third kappa shape index (κ3) is 6.16. The van der Waals surface area contributed by atoms with E-state index < -0.39 is 21.2 Å². The van der Waals surface area contributed by atoms with E-state index in [0.717, 1.165) is 11.3 Å². The van der Waals surface area contributed by atoms with Crippen LogP contribution in [0.1, 0.15) is 33.3 Å². The van der Waals surface area contributed by atoms with E-state index in [1.54, 1.807) is 24.3 Å².